The molecule has 0 fully saturated rings. The van der Waals surface area contributed by atoms with Crippen LogP contribution in [-0.2, 0) is 14.6 Å². The molecule has 28 heavy (non-hydrogen) atoms. The van der Waals surface area contributed by atoms with Crippen molar-refractivity contribution in [2.24, 2.45) is 0 Å². The fourth-order valence-electron chi connectivity index (χ4n) is 2.76. The van der Waals surface area contributed by atoms with Crippen LogP contribution in [0.2, 0.25) is 5.02 Å². The third kappa shape index (κ3) is 5.22. The molecule has 0 aromatic heterocycles. The van der Waals surface area contributed by atoms with E-state index in [0.29, 0.717) is 5.02 Å². The molecule has 0 bridgehead atoms. The second-order valence-electron chi connectivity index (χ2n) is 6.18. The third-order valence-corrected chi connectivity index (χ3v) is 6.55. The van der Waals surface area contributed by atoms with Crippen LogP contribution in [0.1, 0.15) is 17.2 Å². The molecule has 0 heterocycles. The summed E-state index contributed by atoms with van der Waals surface area (Å²) in [7, 11) is -3.77. The van der Waals surface area contributed by atoms with E-state index in [2.05, 4.69) is 21.2 Å². The Bertz CT molecular complexity index is 1050. The minimum atomic E-state index is -3.77. The van der Waals surface area contributed by atoms with Crippen LogP contribution in [0.15, 0.2) is 88.2 Å². The van der Waals surface area contributed by atoms with E-state index in [-0.39, 0.29) is 4.90 Å². The number of nitrogens with one attached hydrogen (secondary N) is 1. The highest BCUT2D eigenvalue weighted by Crippen LogP contribution is 2.24. The lowest BCUT2D eigenvalue weighted by Crippen LogP contribution is -2.34. The van der Waals surface area contributed by atoms with Gasteiger partial charge in [-0.15, -0.1) is 0 Å². The zero-order chi connectivity index (χ0) is 20.1. The number of rotatable bonds is 6. The van der Waals surface area contributed by atoms with E-state index in [0.717, 1.165) is 15.6 Å². The number of halogens is 2. The molecule has 144 valence electrons. The van der Waals surface area contributed by atoms with Gasteiger partial charge in [0.05, 0.1) is 10.9 Å². The Morgan fingerprint density at radius 2 is 1.46 bits per heavy atom. The van der Waals surface area contributed by atoms with E-state index in [9.17, 15) is 13.2 Å². The minimum Gasteiger partial charge on any atom is -0.344 e. The normalized spacial score (nSPS) is 12.4. The standard InChI is InChI=1S/C21H17BrClNO3S/c22-17-8-6-16(7-9-17)21(15-4-2-1-3-5-15)24-20(25)14-28(26,27)19-12-10-18(23)11-13-19/h1-13,21H,14H2,(H,24,25). The Morgan fingerprint density at radius 1 is 0.893 bits per heavy atom. The topological polar surface area (TPSA) is 63.2 Å². The first-order chi connectivity index (χ1) is 13.3. The zero-order valence-corrected chi connectivity index (χ0v) is 17.8. The minimum absolute atomic E-state index is 0.0620. The molecule has 0 aliphatic carbocycles. The molecule has 1 unspecified atom stereocenters. The number of sulfone groups is 1. The largest absolute Gasteiger partial charge is 0.344 e. The number of amides is 1. The van der Waals surface area contributed by atoms with Crippen LogP contribution in [0.3, 0.4) is 0 Å². The molecular weight excluding hydrogens is 462 g/mol. The van der Waals surface area contributed by atoms with Crippen molar-refractivity contribution in [1.29, 1.82) is 0 Å². The Morgan fingerprint density at radius 3 is 2.07 bits per heavy atom. The van der Waals surface area contributed by atoms with Gasteiger partial charge in [-0.1, -0.05) is 70.0 Å². The average molecular weight is 479 g/mol. The molecule has 1 atom stereocenters. The molecule has 0 saturated carbocycles. The maximum absolute atomic E-state index is 12.6. The number of hydrogen-bond acceptors (Lipinski definition) is 3. The number of hydrogen-bond donors (Lipinski definition) is 1. The van der Waals surface area contributed by atoms with Gasteiger partial charge in [0.25, 0.3) is 0 Å². The van der Waals surface area contributed by atoms with Gasteiger partial charge in [-0.05, 0) is 47.5 Å². The van der Waals surface area contributed by atoms with Crippen LogP contribution >= 0.6 is 27.5 Å². The van der Waals surface area contributed by atoms with E-state index in [1.807, 2.05) is 54.6 Å². The van der Waals surface area contributed by atoms with Crippen molar-refractivity contribution in [1.82, 2.24) is 5.32 Å². The summed E-state index contributed by atoms with van der Waals surface area (Å²) in [5.41, 5.74) is 1.72. The van der Waals surface area contributed by atoms with E-state index >= 15 is 0 Å². The fraction of sp³-hybridized carbons (Fsp3) is 0.0952. The first-order valence-corrected chi connectivity index (χ1v) is 11.3. The average Bonchev–Trinajstić information content (AvgIpc) is 2.67. The lowest BCUT2D eigenvalue weighted by molar-refractivity contribution is -0.119. The molecule has 0 saturated heterocycles. The Hall–Kier alpha value is -2.15. The van der Waals surface area contributed by atoms with Gasteiger partial charge in [-0.25, -0.2) is 8.42 Å². The highest BCUT2D eigenvalue weighted by molar-refractivity contribution is 9.10. The van der Waals surface area contributed by atoms with Crippen molar-refractivity contribution in [3.05, 3.63) is 99.5 Å². The molecule has 0 radical (unpaired) electrons. The van der Waals surface area contributed by atoms with Gasteiger partial charge in [0.1, 0.15) is 5.75 Å². The smallest absolute Gasteiger partial charge is 0.236 e. The molecule has 3 rings (SSSR count). The molecule has 0 aliphatic rings. The zero-order valence-electron chi connectivity index (χ0n) is 14.7. The molecule has 4 nitrogen and oxygen atoms in total. The third-order valence-electron chi connectivity index (χ3n) is 4.14. The van der Waals surface area contributed by atoms with Crippen LogP contribution in [0.4, 0.5) is 0 Å². The summed E-state index contributed by atoms with van der Waals surface area (Å²) in [6, 6.07) is 22.2. The summed E-state index contributed by atoms with van der Waals surface area (Å²) in [5.74, 6) is -1.22. The summed E-state index contributed by atoms with van der Waals surface area (Å²) < 4.78 is 26.0. The van der Waals surface area contributed by atoms with Crippen molar-refractivity contribution in [2.75, 3.05) is 5.75 Å². The quantitative estimate of drug-likeness (QED) is 0.554. The Balaban J connectivity index is 1.83. The van der Waals surface area contributed by atoms with Gasteiger partial charge >= 0.3 is 0 Å². The van der Waals surface area contributed by atoms with E-state index in [4.69, 9.17) is 11.6 Å². The molecule has 3 aromatic carbocycles. The molecule has 7 heteroatoms. The second kappa shape index (κ2) is 8.90. The SMILES string of the molecule is O=C(CS(=O)(=O)c1ccc(Cl)cc1)NC(c1ccccc1)c1ccc(Br)cc1. The van der Waals surface area contributed by atoms with Crippen LogP contribution in [-0.4, -0.2) is 20.1 Å². The summed E-state index contributed by atoms with van der Waals surface area (Å²) >= 11 is 9.20. The van der Waals surface area contributed by atoms with Gasteiger partial charge in [-0.2, -0.15) is 0 Å². The van der Waals surface area contributed by atoms with Gasteiger partial charge in [0, 0.05) is 9.50 Å². The molecule has 1 N–H and O–H groups in total. The maximum atomic E-state index is 12.6. The summed E-state index contributed by atoms with van der Waals surface area (Å²) in [6.45, 7) is 0. The number of benzene rings is 3. The Kier molecular flexibility index (Phi) is 6.54. The van der Waals surface area contributed by atoms with E-state index in [1.165, 1.54) is 24.3 Å². The van der Waals surface area contributed by atoms with Crippen molar-refractivity contribution in [3.8, 4) is 0 Å². The predicted octanol–water partition coefficient (Wildman–Crippen LogP) is 4.78. The maximum Gasteiger partial charge on any atom is 0.236 e. The molecule has 1 amide bonds. The first kappa shape index (κ1) is 20.6. The molecule has 0 aliphatic heterocycles. The van der Waals surface area contributed by atoms with Crippen LogP contribution in [0.5, 0.6) is 0 Å². The van der Waals surface area contributed by atoms with Crippen LogP contribution in [0, 0.1) is 0 Å². The van der Waals surface area contributed by atoms with Crippen molar-refractivity contribution in [2.45, 2.75) is 10.9 Å². The fourth-order valence-corrected chi connectivity index (χ4v) is 4.30. The van der Waals surface area contributed by atoms with Gasteiger partial charge in [0.2, 0.25) is 5.91 Å². The van der Waals surface area contributed by atoms with Gasteiger partial charge in [-0.3, -0.25) is 4.79 Å². The number of carbonyl (C=O) groups excluding carboxylic acids is 1. The highest BCUT2D eigenvalue weighted by atomic mass is 79.9. The van der Waals surface area contributed by atoms with Crippen molar-refractivity contribution in [3.63, 3.8) is 0 Å². The second-order valence-corrected chi connectivity index (χ2v) is 9.52. The molecule has 0 spiro atoms. The highest BCUT2D eigenvalue weighted by Gasteiger charge is 2.23. The summed E-state index contributed by atoms with van der Waals surface area (Å²) in [4.78, 5) is 12.7. The molecular formula is C21H17BrClNO3S. The van der Waals surface area contributed by atoms with Crippen molar-refractivity contribution < 1.29 is 13.2 Å². The first-order valence-electron chi connectivity index (χ1n) is 8.43. The summed E-state index contributed by atoms with van der Waals surface area (Å²) in [6.07, 6.45) is 0. The van der Waals surface area contributed by atoms with Crippen molar-refractivity contribution >= 4 is 43.3 Å². The van der Waals surface area contributed by atoms with Gasteiger partial charge in [0.15, 0.2) is 9.84 Å². The summed E-state index contributed by atoms with van der Waals surface area (Å²) in [5, 5.41) is 3.28. The van der Waals surface area contributed by atoms with E-state index in [1.54, 1.807) is 0 Å². The lowest BCUT2D eigenvalue weighted by atomic mass is 9.99. The monoisotopic (exact) mass is 477 g/mol. The lowest BCUT2D eigenvalue weighted by Gasteiger charge is -2.20. The number of carbonyl (C=O) groups is 1. The van der Waals surface area contributed by atoms with E-state index < -0.39 is 27.5 Å². The Labute approximate surface area is 177 Å². The van der Waals surface area contributed by atoms with Crippen LogP contribution < -0.4 is 5.32 Å². The van der Waals surface area contributed by atoms with Gasteiger partial charge < -0.3 is 5.32 Å². The predicted molar refractivity (Wildman–Crippen MR) is 114 cm³/mol. The van der Waals surface area contributed by atoms with Crippen LogP contribution in [0.25, 0.3) is 0 Å². The molecule has 3 aromatic rings.